The Morgan fingerprint density at radius 2 is 1.18 bits per heavy atom. The molecule has 3 aromatic rings. The highest BCUT2D eigenvalue weighted by atomic mass is 16.7. The van der Waals surface area contributed by atoms with E-state index < -0.39 is 5.43 Å². The van der Waals surface area contributed by atoms with Crippen LogP contribution in [0.15, 0.2) is 51.7 Å². The normalized spacial score (nSPS) is 11.1. The molecule has 0 unspecified atom stereocenters. The second kappa shape index (κ2) is 16.6. The van der Waals surface area contributed by atoms with Crippen molar-refractivity contribution < 1.29 is 47.0 Å². The zero-order valence-corrected chi connectivity index (χ0v) is 21.9. The molecule has 0 N–H and O–H groups in total. The molecule has 11 heteroatoms. The van der Waals surface area contributed by atoms with Crippen molar-refractivity contribution in [2.75, 3.05) is 81.3 Å². The maximum Gasteiger partial charge on any atom is 0.239 e. The zero-order valence-electron chi connectivity index (χ0n) is 21.9. The van der Waals surface area contributed by atoms with E-state index in [0.717, 1.165) is 0 Å². The highest BCUT2D eigenvalue weighted by Gasteiger charge is 2.23. The summed E-state index contributed by atoms with van der Waals surface area (Å²) >= 11 is 0. The van der Waals surface area contributed by atoms with Crippen molar-refractivity contribution in [3.05, 3.63) is 52.7 Å². The number of ether oxygens (including phenoxy) is 9. The molecule has 0 saturated carbocycles. The van der Waals surface area contributed by atoms with Crippen LogP contribution in [0.25, 0.3) is 22.3 Å². The van der Waals surface area contributed by atoms with Gasteiger partial charge >= 0.3 is 0 Å². The summed E-state index contributed by atoms with van der Waals surface area (Å²) in [6, 6.07) is 12.4. The maximum atomic E-state index is 13.9. The molecule has 208 valence electrons. The molecule has 0 aliphatic heterocycles. The number of hydrogen-bond acceptors (Lipinski definition) is 11. The monoisotopic (exact) mass is 534 g/mol. The van der Waals surface area contributed by atoms with E-state index in [4.69, 9.17) is 47.0 Å². The van der Waals surface area contributed by atoms with Gasteiger partial charge in [0.05, 0.1) is 39.6 Å². The van der Waals surface area contributed by atoms with Gasteiger partial charge in [0.2, 0.25) is 11.2 Å². The molecule has 1 heterocycles. The molecule has 38 heavy (non-hydrogen) atoms. The molecule has 0 aliphatic carbocycles. The second-order valence-electron chi connectivity index (χ2n) is 7.71. The highest BCUT2D eigenvalue weighted by molar-refractivity contribution is 5.89. The fraction of sp³-hybridized carbons (Fsp3) is 0.444. The fourth-order valence-corrected chi connectivity index (χ4v) is 3.30. The van der Waals surface area contributed by atoms with E-state index in [1.54, 1.807) is 33.5 Å². The standard InChI is InChI=1S/C27H34O11/c1-29-11-14-32-17-35-22-10-9-21-23(26(22)36-18-33-15-12-30-2)24(28)27(37-19-34-16-13-31-3)25(38-21)20-7-5-4-6-8-20/h4-10H,11-19H2,1-3H3. The Kier molecular flexibility index (Phi) is 12.8. The number of rotatable bonds is 19. The molecule has 2 aromatic carbocycles. The molecule has 1 aromatic heterocycles. The minimum Gasteiger partial charge on any atom is -0.464 e. The molecule has 0 aliphatic rings. The quantitative estimate of drug-likeness (QED) is 0.166. The first-order valence-electron chi connectivity index (χ1n) is 12.0. The molecule has 3 rings (SSSR count). The summed E-state index contributed by atoms with van der Waals surface area (Å²) in [7, 11) is 4.72. The Morgan fingerprint density at radius 1 is 0.632 bits per heavy atom. The van der Waals surface area contributed by atoms with Gasteiger partial charge in [0.25, 0.3) is 0 Å². The van der Waals surface area contributed by atoms with Crippen LogP contribution in [0.4, 0.5) is 0 Å². The van der Waals surface area contributed by atoms with Crippen LogP contribution in [0.1, 0.15) is 0 Å². The molecule has 0 radical (unpaired) electrons. The maximum absolute atomic E-state index is 13.9. The predicted molar refractivity (Wildman–Crippen MR) is 138 cm³/mol. The van der Waals surface area contributed by atoms with Gasteiger partial charge in [-0.15, -0.1) is 0 Å². The Balaban J connectivity index is 2.01. The van der Waals surface area contributed by atoms with Gasteiger partial charge in [-0.3, -0.25) is 4.79 Å². The summed E-state index contributed by atoms with van der Waals surface area (Å²) in [6.45, 7) is 1.70. The van der Waals surface area contributed by atoms with Crippen LogP contribution in [0.2, 0.25) is 0 Å². The molecule has 11 nitrogen and oxygen atoms in total. The lowest BCUT2D eigenvalue weighted by Gasteiger charge is -2.17. The van der Waals surface area contributed by atoms with E-state index in [2.05, 4.69) is 0 Å². The lowest BCUT2D eigenvalue weighted by atomic mass is 10.1. The van der Waals surface area contributed by atoms with Gasteiger partial charge in [-0.25, -0.2) is 0 Å². The summed E-state index contributed by atoms with van der Waals surface area (Å²) in [5, 5.41) is 0.126. The van der Waals surface area contributed by atoms with Crippen molar-refractivity contribution in [3.8, 4) is 28.6 Å². The Morgan fingerprint density at radius 3 is 1.76 bits per heavy atom. The minimum absolute atomic E-state index is 0.0280. The van der Waals surface area contributed by atoms with Crippen LogP contribution in [-0.4, -0.2) is 81.3 Å². The topological polar surface area (TPSA) is 113 Å². The number of fused-ring (bicyclic) bond motifs is 1. The van der Waals surface area contributed by atoms with Crippen molar-refractivity contribution in [3.63, 3.8) is 0 Å². The third-order valence-corrected chi connectivity index (χ3v) is 5.14. The van der Waals surface area contributed by atoms with Crippen LogP contribution < -0.4 is 19.6 Å². The van der Waals surface area contributed by atoms with E-state index in [0.29, 0.717) is 45.2 Å². The third-order valence-electron chi connectivity index (χ3n) is 5.14. The number of methoxy groups -OCH3 is 3. The van der Waals surface area contributed by atoms with E-state index in [9.17, 15) is 4.79 Å². The zero-order chi connectivity index (χ0) is 27.0. The number of hydrogen-bond donors (Lipinski definition) is 0. The molecule has 0 fully saturated rings. The third kappa shape index (κ3) is 8.42. The lowest BCUT2D eigenvalue weighted by Crippen LogP contribution is -2.16. The average Bonchev–Trinajstić information content (AvgIpc) is 2.94. The fourth-order valence-electron chi connectivity index (χ4n) is 3.30. The Hall–Kier alpha value is -3.19. The van der Waals surface area contributed by atoms with Crippen molar-refractivity contribution in [1.29, 1.82) is 0 Å². The van der Waals surface area contributed by atoms with Crippen LogP contribution >= 0.6 is 0 Å². The van der Waals surface area contributed by atoms with Gasteiger partial charge in [0.1, 0.15) is 11.0 Å². The number of benzene rings is 2. The first-order valence-corrected chi connectivity index (χ1v) is 12.0. The van der Waals surface area contributed by atoms with Gasteiger partial charge in [0.15, 0.2) is 37.6 Å². The Labute approximate surface area is 221 Å². The van der Waals surface area contributed by atoms with Crippen molar-refractivity contribution in [2.24, 2.45) is 0 Å². The van der Waals surface area contributed by atoms with Gasteiger partial charge in [0, 0.05) is 26.9 Å². The lowest BCUT2D eigenvalue weighted by molar-refractivity contribution is -0.0202. The van der Waals surface area contributed by atoms with Gasteiger partial charge in [-0.2, -0.15) is 0 Å². The minimum atomic E-state index is -0.460. The van der Waals surface area contributed by atoms with Crippen LogP contribution in [-0.2, 0) is 28.4 Å². The molecule has 0 atom stereocenters. The molecule has 0 bridgehead atoms. The van der Waals surface area contributed by atoms with E-state index >= 15 is 0 Å². The van der Waals surface area contributed by atoms with Gasteiger partial charge in [-0.05, 0) is 12.1 Å². The predicted octanol–water partition coefficient (Wildman–Crippen LogP) is 3.46. The highest BCUT2D eigenvalue weighted by Crippen LogP contribution is 2.38. The van der Waals surface area contributed by atoms with Crippen LogP contribution in [0.5, 0.6) is 17.2 Å². The van der Waals surface area contributed by atoms with E-state index in [1.165, 1.54) is 0 Å². The summed E-state index contributed by atoms with van der Waals surface area (Å²) in [5.41, 5.74) is 0.481. The van der Waals surface area contributed by atoms with Gasteiger partial charge in [-0.1, -0.05) is 30.3 Å². The first-order chi connectivity index (χ1) is 18.7. The van der Waals surface area contributed by atoms with Crippen molar-refractivity contribution in [1.82, 2.24) is 0 Å². The van der Waals surface area contributed by atoms with Crippen LogP contribution in [0.3, 0.4) is 0 Å². The second-order valence-corrected chi connectivity index (χ2v) is 7.71. The van der Waals surface area contributed by atoms with Crippen molar-refractivity contribution in [2.45, 2.75) is 0 Å². The molecular weight excluding hydrogens is 500 g/mol. The van der Waals surface area contributed by atoms with E-state index in [-0.39, 0.29) is 54.4 Å². The molecule has 0 amide bonds. The Bertz CT molecular complexity index is 1150. The smallest absolute Gasteiger partial charge is 0.239 e. The first kappa shape index (κ1) is 29.4. The van der Waals surface area contributed by atoms with E-state index in [1.807, 2.05) is 30.3 Å². The van der Waals surface area contributed by atoms with Gasteiger partial charge < -0.3 is 47.0 Å². The van der Waals surface area contributed by atoms with Crippen LogP contribution in [0, 0.1) is 0 Å². The summed E-state index contributed by atoms with van der Waals surface area (Å²) in [4.78, 5) is 13.9. The molecule has 0 saturated heterocycles. The van der Waals surface area contributed by atoms with Crippen molar-refractivity contribution >= 4 is 11.0 Å². The summed E-state index contributed by atoms with van der Waals surface area (Å²) in [6.07, 6.45) is 0. The molecule has 0 spiro atoms. The largest absolute Gasteiger partial charge is 0.464 e. The molecular formula is C27H34O11. The summed E-state index contributed by atoms with van der Waals surface area (Å²) in [5.74, 6) is 0.637. The SMILES string of the molecule is COCCOCOc1ccc2oc(-c3ccccc3)c(OCOCCOC)c(=O)c2c1OCOCCOC. The average molecular weight is 535 g/mol. The summed E-state index contributed by atoms with van der Waals surface area (Å²) < 4.78 is 54.9.